The fraction of sp³-hybridized carbons (Fsp3) is 0.720. The summed E-state index contributed by atoms with van der Waals surface area (Å²) in [6, 6.07) is 0.0716. The predicted molar refractivity (Wildman–Crippen MR) is 122 cm³/mol. The average Bonchev–Trinajstić information content (AvgIpc) is 3.32. The molecule has 3 aliphatic carbocycles. The summed E-state index contributed by atoms with van der Waals surface area (Å²) in [6.07, 6.45) is 7.59. The zero-order valence-electron chi connectivity index (χ0n) is 19.5. The summed E-state index contributed by atoms with van der Waals surface area (Å²) < 4.78 is 14.6. The Hall–Kier alpha value is -1.76. The van der Waals surface area contributed by atoms with Gasteiger partial charge in [-0.15, -0.1) is 11.3 Å². The van der Waals surface area contributed by atoms with E-state index in [1.165, 1.54) is 0 Å². The second kappa shape index (κ2) is 7.64. The Kier molecular flexibility index (Phi) is 5.27. The molecule has 3 saturated carbocycles. The van der Waals surface area contributed by atoms with E-state index in [1.807, 2.05) is 12.3 Å². The number of likely N-dealkylation sites (N-methyl/N-ethyl adjacent to an activating group) is 1. The summed E-state index contributed by atoms with van der Waals surface area (Å²) in [6.45, 7) is 6.96. The lowest BCUT2D eigenvalue weighted by Crippen LogP contribution is -2.60. The van der Waals surface area contributed by atoms with Crippen LogP contribution in [0.4, 0.5) is 4.39 Å². The van der Waals surface area contributed by atoms with Crippen LogP contribution in [0.5, 0.6) is 0 Å². The molecule has 1 aromatic heterocycles. The monoisotopic (exact) mass is 459 g/mol. The molecule has 5 nitrogen and oxygen atoms in total. The van der Waals surface area contributed by atoms with Crippen LogP contribution in [0.3, 0.4) is 0 Å². The van der Waals surface area contributed by atoms with Crippen molar-refractivity contribution in [2.75, 3.05) is 7.05 Å². The Morgan fingerprint density at radius 3 is 2.75 bits per heavy atom. The van der Waals surface area contributed by atoms with Gasteiger partial charge in [0.15, 0.2) is 5.83 Å². The third kappa shape index (κ3) is 3.17. The number of aryl methyl sites for hydroxylation is 1. The van der Waals surface area contributed by atoms with Gasteiger partial charge in [0.25, 0.3) is 5.91 Å². The van der Waals surface area contributed by atoms with Crippen LogP contribution in [0.15, 0.2) is 17.3 Å². The zero-order valence-corrected chi connectivity index (χ0v) is 20.3. The van der Waals surface area contributed by atoms with Gasteiger partial charge >= 0.3 is 0 Å². The summed E-state index contributed by atoms with van der Waals surface area (Å²) >= 11 is 1.59. The van der Waals surface area contributed by atoms with Crippen LogP contribution >= 0.6 is 11.3 Å². The summed E-state index contributed by atoms with van der Waals surface area (Å²) in [7, 11) is 1.75. The number of fused-ring (bicyclic) bond motifs is 5. The van der Waals surface area contributed by atoms with Gasteiger partial charge in [-0.3, -0.25) is 9.59 Å². The molecule has 0 bridgehead atoms. The van der Waals surface area contributed by atoms with Gasteiger partial charge in [0.2, 0.25) is 5.91 Å². The molecule has 3 fully saturated rings. The van der Waals surface area contributed by atoms with Gasteiger partial charge in [0.1, 0.15) is 5.01 Å². The van der Waals surface area contributed by atoms with Crippen molar-refractivity contribution < 1.29 is 14.0 Å². The Bertz CT molecular complexity index is 976. The van der Waals surface area contributed by atoms with Crippen molar-refractivity contribution in [2.45, 2.75) is 71.9 Å². The molecule has 1 aromatic rings. The van der Waals surface area contributed by atoms with Crippen molar-refractivity contribution in [3.63, 3.8) is 0 Å². The molecule has 32 heavy (non-hydrogen) atoms. The van der Waals surface area contributed by atoms with Gasteiger partial charge in [-0.25, -0.2) is 9.37 Å². The van der Waals surface area contributed by atoms with E-state index in [-0.39, 0.29) is 28.7 Å². The lowest BCUT2D eigenvalue weighted by molar-refractivity contribution is -0.145. The van der Waals surface area contributed by atoms with Crippen molar-refractivity contribution in [2.24, 2.45) is 34.5 Å². The highest BCUT2D eigenvalue weighted by molar-refractivity contribution is 7.09. The van der Waals surface area contributed by atoms with Crippen LogP contribution in [-0.2, 0) is 16.1 Å². The molecule has 7 atom stereocenters. The fourth-order valence-electron chi connectivity index (χ4n) is 8.03. The largest absolute Gasteiger partial charge is 0.349 e. The predicted octanol–water partition coefficient (Wildman–Crippen LogP) is 4.62. The van der Waals surface area contributed by atoms with Crippen molar-refractivity contribution in [1.29, 1.82) is 0 Å². The first kappa shape index (κ1) is 22.1. The molecule has 0 radical (unpaired) electrons. The molecule has 2 heterocycles. The molecule has 0 aromatic carbocycles. The summed E-state index contributed by atoms with van der Waals surface area (Å²) in [5.41, 5.74) is 0.668. The third-order valence-corrected chi connectivity index (χ3v) is 10.5. The van der Waals surface area contributed by atoms with E-state index in [0.29, 0.717) is 24.3 Å². The smallest absolute Gasteiger partial charge is 0.282 e. The molecular formula is C25H34FN3O2S. The number of amides is 2. The molecule has 4 aliphatic rings. The minimum absolute atomic E-state index is 0.00805. The molecule has 1 aliphatic heterocycles. The molecular weight excluding hydrogens is 425 g/mol. The highest BCUT2D eigenvalue weighted by Crippen LogP contribution is 2.65. The number of rotatable bonds is 3. The van der Waals surface area contributed by atoms with E-state index in [0.717, 1.165) is 49.2 Å². The second-order valence-electron chi connectivity index (χ2n) is 11.0. The minimum atomic E-state index is -0.596. The number of thiazole rings is 1. The van der Waals surface area contributed by atoms with Gasteiger partial charge < -0.3 is 10.2 Å². The normalized spacial score (nSPS) is 40.9. The molecule has 2 amide bonds. The van der Waals surface area contributed by atoms with Gasteiger partial charge in [-0.05, 0) is 74.7 Å². The van der Waals surface area contributed by atoms with E-state index < -0.39 is 11.7 Å². The van der Waals surface area contributed by atoms with Crippen LogP contribution in [0.2, 0.25) is 0 Å². The molecule has 0 saturated heterocycles. The second-order valence-corrected chi connectivity index (χ2v) is 12.0. The number of nitrogens with one attached hydrogen (secondary N) is 1. The molecule has 0 unspecified atom stereocenters. The van der Waals surface area contributed by atoms with E-state index >= 15 is 0 Å². The van der Waals surface area contributed by atoms with Gasteiger partial charge in [-0.2, -0.15) is 0 Å². The number of nitrogens with zero attached hydrogens (tertiary/aromatic N) is 2. The van der Waals surface area contributed by atoms with Crippen LogP contribution < -0.4 is 5.32 Å². The lowest BCUT2D eigenvalue weighted by atomic mass is 9.47. The number of halogens is 1. The molecule has 0 spiro atoms. The van der Waals surface area contributed by atoms with Crippen molar-refractivity contribution >= 4 is 23.2 Å². The number of aromatic nitrogens is 1. The summed E-state index contributed by atoms with van der Waals surface area (Å²) in [4.78, 5) is 31.6. The average molecular weight is 460 g/mol. The minimum Gasteiger partial charge on any atom is -0.349 e. The fourth-order valence-corrected chi connectivity index (χ4v) is 8.74. The highest BCUT2D eigenvalue weighted by atomic mass is 32.1. The van der Waals surface area contributed by atoms with Crippen LogP contribution in [0.1, 0.15) is 63.1 Å². The van der Waals surface area contributed by atoms with Gasteiger partial charge in [0, 0.05) is 35.5 Å². The number of hydrogen-bond acceptors (Lipinski definition) is 4. The molecule has 7 heteroatoms. The van der Waals surface area contributed by atoms with Crippen molar-refractivity contribution in [3.05, 3.63) is 28.0 Å². The van der Waals surface area contributed by atoms with Crippen molar-refractivity contribution in [3.8, 4) is 0 Å². The first-order valence-corrected chi connectivity index (χ1v) is 12.9. The Morgan fingerprint density at radius 1 is 1.25 bits per heavy atom. The van der Waals surface area contributed by atoms with Gasteiger partial charge in [-0.1, -0.05) is 13.8 Å². The van der Waals surface area contributed by atoms with E-state index in [9.17, 15) is 14.0 Å². The maximum atomic E-state index is 14.6. The maximum Gasteiger partial charge on any atom is 0.282 e. The quantitative estimate of drug-likeness (QED) is 0.717. The zero-order chi connectivity index (χ0) is 22.8. The Balaban J connectivity index is 1.34. The van der Waals surface area contributed by atoms with Crippen LogP contribution in [0.25, 0.3) is 0 Å². The first-order chi connectivity index (χ1) is 15.1. The van der Waals surface area contributed by atoms with E-state index in [2.05, 4.69) is 24.1 Å². The topological polar surface area (TPSA) is 62.3 Å². The number of hydrogen-bond donors (Lipinski definition) is 1. The van der Waals surface area contributed by atoms with Crippen LogP contribution in [-0.4, -0.2) is 34.8 Å². The Labute approximate surface area is 193 Å². The maximum absolute atomic E-state index is 14.6. The van der Waals surface area contributed by atoms with E-state index in [4.69, 9.17) is 0 Å². The third-order valence-electron chi connectivity index (χ3n) is 9.55. The summed E-state index contributed by atoms with van der Waals surface area (Å²) in [5, 5.41) is 6.13. The van der Waals surface area contributed by atoms with Crippen molar-refractivity contribution in [1.82, 2.24) is 15.2 Å². The highest BCUT2D eigenvalue weighted by Gasteiger charge is 2.62. The summed E-state index contributed by atoms with van der Waals surface area (Å²) in [5.74, 6) is 0.455. The van der Waals surface area contributed by atoms with Crippen LogP contribution in [0, 0.1) is 41.4 Å². The molecule has 1 N–H and O–H groups in total. The van der Waals surface area contributed by atoms with Gasteiger partial charge in [0.05, 0.1) is 6.54 Å². The standard InChI is InChI=1S/C25H34FN3O2S/c1-14-13-32-21(28-14)12-27-22(30)18-7-6-16-15-5-8-20-25(3,11-19(26)23(31)29(20)4)17(15)9-10-24(16,18)2/h11,13,15-18,20H,5-10,12H2,1-4H3,(H,27,30)/t15-,16-,17-,18+,20+,24-,25+/m0/s1. The first-order valence-electron chi connectivity index (χ1n) is 12.0. The number of carbonyl (C=O) groups excluding carboxylic acids is 2. The number of carbonyl (C=O) groups is 2. The molecule has 5 rings (SSSR count). The Morgan fingerprint density at radius 2 is 2.03 bits per heavy atom. The lowest BCUT2D eigenvalue weighted by Gasteiger charge is -2.60. The van der Waals surface area contributed by atoms with E-state index in [1.54, 1.807) is 29.4 Å². The SMILES string of the molecule is Cc1csc(CNC(=O)[C@H]2CC[C@H]3[C@@H]4CC[C@H]5N(C)C(=O)C(F)=C[C@]5(C)[C@H]4CC[C@]23C)n1. The molecule has 174 valence electrons.